The number of rotatable bonds is 7. The first-order valence-electron chi connectivity index (χ1n) is 13.7. The lowest BCUT2D eigenvalue weighted by Crippen LogP contribution is -2.44. The topological polar surface area (TPSA) is 114 Å². The van der Waals surface area contributed by atoms with Crippen molar-refractivity contribution in [1.29, 1.82) is 0 Å². The van der Waals surface area contributed by atoms with Crippen molar-refractivity contribution in [1.82, 2.24) is 15.3 Å². The lowest BCUT2D eigenvalue weighted by Gasteiger charge is -2.34. The molecule has 1 saturated heterocycles. The monoisotopic (exact) mass is 581 g/mol. The third-order valence-electron chi connectivity index (χ3n) is 8.03. The second-order valence-electron chi connectivity index (χ2n) is 10.8. The minimum atomic E-state index is -3.73. The Labute approximate surface area is 239 Å². The second kappa shape index (κ2) is 10.6. The van der Waals surface area contributed by atoms with Crippen molar-refractivity contribution in [3.05, 3.63) is 65.3 Å². The molecule has 9 nitrogen and oxygen atoms in total. The molecule has 1 atom stereocenters. The second-order valence-corrected chi connectivity index (χ2v) is 13.5. The summed E-state index contributed by atoms with van der Waals surface area (Å²) in [6.07, 6.45) is 4.13. The number of carbonyl (C=O) groups is 1. The number of morpholine rings is 1. The standard InChI is InChI=1S/C29H32ClN5O4S/c1-19-18-39-16-15-35(19)26-17-25(29(13-14-29)40(37,38)24-11-7-21(30)8-12-24)33-27(34-26)20-5-9-23(10-6-20)32-28(36)31-22-3-2-4-22/h5-12,17,19,22H,2-4,13-16,18H2,1H3,(H2,31,32,36)/t19-/m0/s1. The zero-order valence-electron chi connectivity index (χ0n) is 22.3. The number of sulfone groups is 1. The molecule has 40 heavy (non-hydrogen) atoms. The van der Waals surface area contributed by atoms with Gasteiger partial charge in [-0.25, -0.2) is 23.2 Å². The number of nitrogens with zero attached hydrogens (tertiary/aromatic N) is 3. The van der Waals surface area contributed by atoms with E-state index in [1.165, 1.54) is 0 Å². The summed E-state index contributed by atoms with van der Waals surface area (Å²) in [6.45, 7) is 3.84. The van der Waals surface area contributed by atoms with Gasteiger partial charge in [-0.05, 0) is 87.6 Å². The molecule has 2 heterocycles. The van der Waals surface area contributed by atoms with Gasteiger partial charge < -0.3 is 20.3 Å². The Bertz CT molecular complexity index is 1510. The largest absolute Gasteiger partial charge is 0.377 e. The van der Waals surface area contributed by atoms with Gasteiger partial charge in [-0.3, -0.25) is 0 Å². The average molecular weight is 582 g/mol. The minimum absolute atomic E-state index is 0.0770. The molecule has 3 fully saturated rings. The van der Waals surface area contributed by atoms with E-state index in [1.54, 1.807) is 36.4 Å². The van der Waals surface area contributed by atoms with Crippen molar-refractivity contribution in [2.45, 2.75) is 60.8 Å². The van der Waals surface area contributed by atoms with Crippen molar-refractivity contribution in [2.75, 3.05) is 30.0 Å². The molecule has 1 aromatic heterocycles. The van der Waals surface area contributed by atoms with E-state index in [0.29, 0.717) is 60.6 Å². The molecule has 0 spiro atoms. The predicted octanol–water partition coefficient (Wildman–Crippen LogP) is 5.16. The van der Waals surface area contributed by atoms with Crippen LogP contribution in [0.5, 0.6) is 0 Å². The fourth-order valence-electron chi connectivity index (χ4n) is 5.23. The summed E-state index contributed by atoms with van der Waals surface area (Å²) < 4.78 is 32.3. The summed E-state index contributed by atoms with van der Waals surface area (Å²) in [5.74, 6) is 1.12. The molecule has 2 saturated carbocycles. The van der Waals surface area contributed by atoms with Crippen LogP contribution < -0.4 is 15.5 Å². The third-order valence-corrected chi connectivity index (χ3v) is 10.8. The van der Waals surface area contributed by atoms with Gasteiger partial charge in [-0.1, -0.05) is 11.6 Å². The number of carbonyl (C=O) groups excluding carboxylic acids is 1. The molecule has 2 aromatic carbocycles. The van der Waals surface area contributed by atoms with Gasteiger partial charge in [-0.15, -0.1) is 0 Å². The van der Waals surface area contributed by atoms with Gasteiger partial charge in [0.15, 0.2) is 15.7 Å². The van der Waals surface area contributed by atoms with Crippen molar-refractivity contribution in [2.24, 2.45) is 0 Å². The number of ether oxygens (including phenoxy) is 1. The minimum Gasteiger partial charge on any atom is -0.377 e. The molecule has 2 amide bonds. The number of benzene rings is 2. The summed E-state index contributed by atoms with van der Waals surface area (Å²) in [5, 5.41) is 6.32. The molecular formula is C29H32ClN5O4S. The fraction of sp³-hybridized carbons (Fsp3) is 0.414. The first-order valence-corrected chi connectivity index (χ1v) is 15.5. The Hall–Kier alpha value is -3.21. The van der Waals surface area contributed by atoms with E-state index in [9.17, 15) is 13.2 Å². The van der Waals surface area contributed by atoms with Gasteiger partial charge in [0.25, 0.3) is 0 Å². The SMILES string of the molecule is C[C@H]1COCCN1c1cc(C2(S(=O)(=O)c3ccc(Cl)cc3)CC2)nc(-c2ccc(NC(=O)NC3CCC3)cc2)n1. The highest BCUT2D eigenvalue weighted by Crippen LogP contribution is 2.55. The zero-order chi connectivity index (χ0) is 27.9. The maximum absolute atomic E-state index is 13.9. The van der Waals surface area contributed by atoms with Crippen LogP contribution in [0.25, 0.3) is 11.4 Å². The predicted molar refractivity (Wildman–Crippen MR) is 154 cm³/mol. The van der Waals surface area contributed by atoms with E-state index in [2.05, 4.69) is 22.5 Å². The van der Waals surface area contributed by atoms with E-state index in [4.69, 9.17) is 26.3 Å². The van der Waals surface area contributed by atoms with Crippen LogP contribution >= 0.6 is 11.6 Å². The lowest BCUT2D eigenvalue weighted by molar-refractivity contribution is 0.0985. The van der Waals surface area contributed by atoms with Crippen LogP contribution in [0.15, 0.2) is 59.5 Å². The molecule has 0 bridgehead atoms. The van der Waals surface area contributed by atoms with Crippen LogP contribution in [-0.4, -0.2) is 56.3 Å². The average Bonchev–Trinajstić information content (AvgIpc) is 3.75. The Morgan fingerprint density at radius 1 is 1.07 bits per heavy atom. The molecule has 210 valence electrons. The number of aromatic nitrogens is 2. The van der Waals surface area contributed by atoms with Crippen LogP contribution in [0.1, 0.15) is 44.7 Å². The Morgan fingerprint density at radius 2 is 1.80 bits per heavy atom. The normalized spacial score (nSPS) is 20.4. The molecular weight excluding hydrogens is 550 g/mol. The highest BCUT2D eigenvalue weighted by molar-refractivity contribution is 7.92. The van der Waals surface area contributed by atoms with Gasteiger partial charge in [0.1, 0.15) is 10.6 Å². The number of hydrogen-bond acceptors (Lipinski definition) is 7. The number of hydrogen-bond donors (Lipinski definition) is 2. The van der Waals surface area contributed by atoms with Crippen LogP contribution in [0.2, 0.25) is 5.02 Å². The number of nitrogens with one attached hydrogen (secondary N) is 2. The highest BCUT2D eigenvalue weighted by Gasteiger charge is 2.58. The van der Waals surface area contributed by atoms with Gasteiger partial charge in [0, 0.05) is 34.9 Å². The van der Waals surface area contributed by atoms with E-state index >= 15 is 0 Å². The molecule has 11 heteroatoms. The van der Waals surface area contributed by atoms with Crippen LogP contribution in [-0.2, 0) is 19.3 Å². The zero-order valence-corrected chi connectivity index (χ0v) is 23.8. The van der Waals surface area contributed by atoms with Crippen molar-refractivity contribution < 1.29 is 17.9 Å². The smallest absolute Gasteiger partial charge is 0.319 e. The fourth-order valence-corrected chi connectivity index (χ4v) is 7.33. The van der Waals surface area contributed by atoms with E-state index < -0.39 is 14.6 Å². The van der Waals surface area contributed by atoms with Gasteiger partial charge in [-0.2, -0.15) is 0 Å². The molecule has 0 radical (unpaired) electrons. The number of amides is 2. The summed E-state index contributed by atoms with van der Waals surface area (Å²) in [6, 6.07) is 15.5. The Morgan fingerprint density at radius 3 is 2.42 bits per heavy atom. The van der Waals surface area contributed by atoms with Crippen LogP contribution in [0, 0.1) is 0 Å². The number of anilines is 2. The van der Waals surface area contributed by atoms with Crippen LogP contribution in [0.3, 0.4) is 0 Å². The third kappa shape index (κ3) is 5.15. The van der Waals surface area contributed by atoms with Crippen molar-refractivity contribution in [3.63, 3.8) is 0 Å². The maximum atomic E-state index is 13.9. The maximum Gasteiger partial charge on any atom is 0.319 e. The summed E-state index contributed by atoms with van der Waals surface area (Å²) in [4.78, 5) is 24.4. The first kappa shape index (κ1) is 27.0. The lowest BCUT2D eigenvalue weighted by atomic mass is 9.93. The molecule has 3 aromatic rings. The molecule has 2 aliphatic carbocycles. The van der Waals surface area contributed by atoms with E-state index in [1.807, 2.05) is 18.2 Å². The van der Waals surface area contributed by atoms with E-state index in [0.717, 1.165) is 24.8 Å². The van der Waals surface area contributed by atoms with Gasteiger partial charge in [0.2, 0.25) is 0 Å². The Balaban J connectivity index is 1.35. The summed E-state index contributed by atoms with van der Waals surface area (Å²) in [7, 11) is -3.73. The molecule has 2 N–H and O–H groups in total. The summed E-state index contributed by atoms with van der Waals surface area (Å²) >= 11 is 6.03. The molecule has 0 unspecified atom stereocenters. The van der Waals surface area contributed by atoms with Gasteiger partial charge in [0.05, 0.1) is 29.8 Å². The van der Waals surface area contributed by atoms with Crippen LogP contribution in [0.4, 0.5) is 16.3 Å². The Kier molecular flexibility index (Phi) is 7.18. The van der Waals surface area contributed by atoms with Crippen molar-refractivity contribution in [3.8, 4) is 11.4 Å². The van der Waals surface area contributed by atoms with E-state index in [-0.39, 0.29) is 23.0 Å². The highest BCUT2D eigenvalue weighted by atomic mass is 35.5. The molecule has 1 aliphatic heterocycles. The number of halogens is 1. The number of urea groups is 1. The first-order chi connectivity index (χ1) is 19.2. The quantitative estimate of drug-likeness (QED) is 0.396. The molecule has 3 aliphatic rings. The summed E-state index contributed by atoms with van der Waals surface area (Å²) in [5.41, 5.74) is 1.87. The van der Waals surface area contributed by atoms with Gasteiger partial charge >= 0.3 is 6.03 Å². The molecule has 6 rings (SSSR count). The van der Waals surface area contributed by atoms with Crippen molar-refractivity contribution >= 4 is 39.0 Å².